The quantitative estimate of drug-likeness (QED) is 0.742. The van der Waals surface area contributed by atoms with Crippen LogP contribution in [-0.4, -0.2) is 22.5 Å². The number of hydrogen-bond acceptors (Lipinski definition) is 2. The van der Waals surface area contributed by atoms with E-state index in [9.17, 15) is 9.59 Å². The molecule has 2 fully saturated rings. The van der Waals surface area contributed by atoms with Gasteiger partial charge in [0.25, 0.3) is 0 Å². The van der Waals surface area contributed by atoms with Crippen molar-refractivity contribution in [2.24, 2.45) is 17.8 Å². The highest BCUT2D eigenvalue weighted by Crippen LogP contribution is 2.54. The summed E-state index contributed by atoms with van der Waals surface area (Å²) in [5.41, 5.74) is -0.598. The zero-order chi connectivity index (χ0) is 12.6. The van der Waals surface area contributed by atoms with E-state index < -0.39 is 11.5 Å². The number of carboxylic acids is 1. The Balaban J connectivity index is 1.85. The van der Waals surface area contributed by atoms with Gasteiger partial charge in [-0.25, -0.2) is 0 Å². The van der Waals surface area contributed by atoms with Gasteiger partial charge in [-0.05, 0) is 44.4 Å². The number of amides is 1. The summed E-state index contributed by atoms with van der Waals surface area (Å²) in [6.45, 7) is 3.72. The van der Waals surface area contributed by atoms with Crippen LogP contribution < -0.4 is 5.32 Å². The Labute approximate surface area is 102 Å². The van der Waals surface area contributed by atoms with Gasteiger partial charge in [-0.15, -0.1) is 0 Å². The van der Waals surface area contributed by atoms with Crippen LogP contribution in [0.25, 0.3) is 0 Å². The van der Waals surface area contributed by atoms with Crippen molar-refractivity contribution in [3.8, 4) is 0 Å². The molecule has 17 heavy (non-hydrogen) atoms. The summed E-state index contributed by atoms with van der Waals surface area (Å²) < 4.78 is 0. The van der Waals surface area contributed by atoms with E-state index in [-0.39, 0.29) is 18.2 Å². The lowest BCUT2D eigenvalue weighted by Crippen LogP contribution is -2.47. The maximum absolute atomic E-state index is 12.0. The third-order valence-corrected chi connectivity index (χ3v) is 4.15. The molecule has 0 aliphatic heterocycles. The highest BCUT2D eigenvalue weighted by Gasteiger charge is 2.51. The van der Waals surface area contributed by atoms with Crippen LogP contribution >= 0.6 is 0 Å². The summed E-state index contributed by atoms with van der Waals surface area (Å²) in [7, 11) is 0. The summed E-state index contributed by atoms with van der Waals surface area (Å²) in [5, 5.41) is 11.8. The summed E-state index contributed by atoms with van der Waals surface area (Å²) in [6.07, 6.45) is 4.19. The van der Waals surface area contributed by atoms with Gasteiger partial charge in [-0.1, -0.05) is 6.92 Å². The van der Waals surface area contributed by atoms with E-state index in [1.165, 1.54) is 12.8 Å². The molecule has 2 aliphatic carbocycles. The number of carbonyl (C=O) groups excluding carboxylic acids is 1. The average Bonchev–Trinajstić information content (AvgIpc) is 3.07. The smallest absolute Gasteiger partial charge is 0.305 e. The van der Waals surface area contributed by atoms with Gasteiger partial charge >= 0.3 is 5.97 Å². The molecule has 1 amide bonds. The molecule has 2 rings (SSSR count). The van der Waals surface area contributed by atoms with E-state index >= 15 is 0 Å². The van der Waals surface area contributed by atoms with Crippen LogP contribution in [0.2, 0.25) is 0 Å². The maximum Gasteiger partial charge on any atom is 0.305 e. The first-order chi connectivity index (χ1) is 7.95. The molecule has 96 valence electrons. The molecule has 0 saturated heterocycles. The van der Waals surface area contributed by atoms with Crippen LogP contribution in [0, 0.1) is 17.8 Å². The molecule has 2 N–H and O–H groups in total. The third kappa shape index (κ3) is 2.99. The molecule has 4 heteroatoms. The molecule has 0 spiro atoms. The molecule has 0 aromatic rings. The SMILES string of the molecule is CC[C@](C)(CC(=O)O)NC(=O)[C@H]1C[C@H]1C1CC1. The van der Waals surface area contributed by atoms with E-state index in [0.29, 0.717) is 12.3 Å². The number of hydrogen-bond donors (Lipinski definition) is 2. The minimum Gasteiger partial charge on any atom is -0.481 e. The Bertz CT molecular complexity index is 338. The van der Waals surface area contributed by atoms with Crippen LogP contribution in [0.4, 0.5) is 0 Å². The summed E-state index contributed by atoms with van der Waals surface area (Å²) in [6, 6.07) is 0. The lowest BCUT2D eigenvalue weighted by atomic mass is 9.94. The Morgan fingerprint density at radius 1 is 1.41 bits per heavy atom. The van der Waals surface area contributed by atoms with Crippen molar-refractivity contribution >= 4 is 11.9 Å². The van der Waals surface area contributed by atoms with Gasteiger partial charge in [0.15, 0.2) is 0 Å². The third-order valence-electron chi connectivity index (χ3n) is 4.15. The fraction of sp³-hybridized carbons (Fsp3) is 0.846. The Hall–Kier alpha value is -1.06. The Morgan fingerprint density at radius 2 is 2.06 bits per heavy atom. The van der Waals surface area contributed by atoms with Crippen LogP contribution in [-0.2, 0) is 9.59 Å². The van der Waals surface area contributed by atoms with Crippen molar-refractivity contribution in [3.05, 3.63) is 0 Å². The van der Waals surface area contributed by atoms with Crippen molar-refractivity contribution in [2.75, 3.05) is 0 Å². The lowest BCUT2D eigenvalue weighted by Gasteiger charge is -2.28. The van der Waals surface area contributed by atoms with Crippen LogP contribution in [0.3, 0.4) is 0 Å². The highest BCUT2D eigenvalue weighted by atomic mass is 16.4. The summed E-state index contributed by atoms with van der Waals surface area (Å²) in [4.78, 5) is 22.8. The van der Waals surface area contributed by atoms with Crippen molar-refractivity contribution in [3.63, 3.8) is 0 Å². The molecule has 2 aliphatic rings. The minimum atomic E-state index is -0.857. The van der Waals surface area contributed by atoms with Crippen LogP contribution in [0.15, 0.2) is 0 Å². The molecule has 0 bridgehead atoms. The Morgan fingerprint density at radius 3 is 2.53 bits per heavy atom. The summed E-state index contributed by atoms with van der Waals surface area (Å²) in [5.74, 6) is 0.720. The van der Waals surface area contributed by atoms with Gasteiger partial charge in [0.1, 0.15) is 0 Å². The lowest BCUT2D eigenvalue weighted by molar-refractivity contribution is -0.139. The summed E-state index contributed by atoms with van der Waals surface area (Å²) >= 11 is 0. The maximum atomic E-state index is 12.0. The van der Waals surface area contributed by atoms with Gasteiger partial charge in [0, 0.05) is 11.5 Å². The first-order valence-electron chi connectivity index (χ1n) is 6.49. The van der Waals surface area contributed by atoms with E-state index in [1.807, 2.05) is 13.8 Å². The first-order valence-corrected chi connectivity index (χ1v) is 6.49. The standard InChI is InChI=1S/C13H21NO3/c1-3-13(2,7-11(15)16)14-12(17)10-6-9(10)8-4-5-8/h8-10H,3-7H2,1-2H3,(H,14,17)(H,15,16)/t9-,10-,13+/m0/s1. The van der Waals surface area contributed by atoms with Gasteiger partial charge in [0.05, 0.1) is 6.42 Å². The molecule has 2 saturated carbocycles. The molecule has 0 radical (unpaired) electrons. The number of rotatable bonds is 6. The number of carboxylic acid groups (broad SMARTS) is 1. The van der Waals surface area contributed by atoms with Crippen molar-refractivity contribution in [1.82, 2.24) is 5.32 Å². The van der Waals surface area contributed by atoms with E-state index in [0.717, 1.165) is 12.3 Å². The van der Waals surface area contributed by atoms with Crippen molar-refractivity contribution in [1.29, 1.82) is 0 Å². The minimum absolute atomic E-state index is 0.00391. The predicted molar refractivity (Wildman–Crippen MR) is 63.4 cm³/mol. The zero-order valence-electron chi connectivity index (χ0n) is 10.5. The molecule has 0 heterocycles. The molecule has 0 unspecified atom stereocenters. The monoisotopic (exact) mass is 239 g/mol. The second kappa shape index (κ2) is 4.31. The van der Waals surface area contributed by atoms with E-state index in [2.05, 4.69) is 5.32 Å². The van der Waals surface area contributed by atoms with E-state index in [1.54, 1.807) is 0 Å². The molecule has 3 atom stereocenters. The molecule has 4 nitrogen and oxygen atoms in total. The molecule has 0 aromatic carbocycles. The average molecular weight is 239 g/mol. The second-order valence-corrected chi connectivity index (χ2v) is 5.82. The van der Waals surface area contributed by atoms with Crippen molar-refractivity contribution in [2.45, 2.75) is 51.5 Å². The van der Waals surface area contributed by atoms with Crippen LogP contribution in [0.5, 0.6) is 0 Å². The zero-order valence-corrected chi connectivity index (χ0v) is 10.5. The molecular formula is C13H21NO3. The fourth-order valence-corrected chi connectivity index (χ4v) is 2.54. The second-order valence-electron chi connectivity index (χ2n) is 5.82. The molecular weight excluding hydrogens is 218 g/mol. The normalized spacial score (nSPS) is 30.5. The van der Waals surface area contributed by atoms with Gasteiger partial charge in [-0.2, -0.15) is 0 Å². The number of nitrogens with one attached hydrogen (secondary N) is 1. The first kappa shape index (κ1) is 12.4. The van der Waals surface area contributed by atoms with Crippen LogP contribution in [0.1, 0.15) is 46.0 Å². The number of carbonyl (C=O) groups is 2. The molecule has 0 aromatic heterocycles. The topological polar surface area (TPSA) is 66.4 Å². The number of aliphatic carboxylic acids is 1. The Kier molecular flexibility index (Phi) is 3.15. The van der Waals surface area contributed by atoms with Crippen molar-refractivity contribution < 1.29 is 14.7 Å². The largest absolute Gasteiger partial charge is 0.481 e. The van der Waals surface area contributed by atoms with Gasteiger partial charge < -0.3 is 10.4 Å². The van der Waals surface area contributed by atoms with Gasteiger partial charge in [0.2, 0.25) is 5.91 Å². The van der Waals surface area contributed by atoms with Gasteiger partial charge in [-0.3, -0.25) is 9.59 Å². The fourth-order valence-electron chi connectivity index (χ4n) is 2.54. The van der Waals surface area contributed by atoms with E-state index in [4.69, 9.17) is 5.11 Å². The predicted octanol–water partition coefficient (Wildman–Crippen LogP) is 1.79. The highest BCUT2D eigenvalue weighted by molar-refractivity contribution is 5.83.